The first kappa shape index (κ1) is 18.5. The minimum Gasteiger partial charge on any atom is -0.340 e. The van der Waals surface area contributed by atoms with Crippen LogP contribution in [0, 0.1) is 6.92 Å². The van der Waals surface area contributed by atoms with Gasteiger partial charge in [0.2, 0.25) is 0 Å². The zero-order valence-electron chi connectivity index (χ0n) is 14.8. The fraction of sp³-hybridized carbons (Fsp3) is 0.100. The molecule has 0 aliphatic carbocycles. The molecule has 0 aliphatic rings. The molecule has 0 unspecified atom stereocenters. The number of halogens is 1. The van der Waals surface area contributed by atoms with Crippen LogP contribution in [0.25, 0.3) is 0 Å². The third-order valence-electron chi connectivity index (χ3n) is 3.98. The number of aromatic nitrogens is 2. The van der Waals surface area contributed by atoms with E-state index in [0.717, 1.165) is 11.3 Å². The number of hydrogen-bond donors (Lipinski definition) is 2. The van der Waals surface area contributed by atoms with E-state index < -0.39 is 0 Å². The number of Topliss-reactive ketones (excluding diaryl/α,β-unsaturated/α-hetero) is 1. The van der Waals surface area contributed by atoms with Gasteiger partial charge in [0.05, 0.1) is 0 Å². The minimum atomic E-state index is -0.363. The first-order chi connectivity index (χ1) is 12.9. The fourth-order valence-corrected chi connectivity index (χ4v) is 2.59. The zero-order chi connectivity index (χ0) is 19.4. The quantitative estimate of drug-likeness (QED) is 0.630. The second-order valence-corrected chi connectivity index (χ2v) is 6.32. The van der Waals surface area contributed by atoms with E-state index >= 15 is 0 Å². The van der Waals surface area contributed by atoms with Crippen LogP contribution in [0.2, 0.25) is 5.02 Å². The highest BCUT2D eigenvalue weighted by molar-refractivity contribution is 6.31. The molecule has 1 aromatic heterocycles. The molecular weight excluding hydrogens is 364 g/mol. The summed E-state index contributed by atoms with van der Waals surface area (Å²) in [5, 5.41) is 6.46. The second kappa shape index (κ2) is 7.97. The molecule has 0 atom stereocenters. The Hall–Kier alpha value is -3.25. The maximum absolute atomic E-state index is 12.5. The van der Waals surface area contributed by atoms with Crippen molar-refractivity contribution >= 4 is 40.5 Å². The van der Waals surface area contributed by atoms with Crippen LogP contribution >= 0.6 is 11.6 Å². The van der Waals surface area contributed by atoms with Crippen LogP contribution in [0.5, 0.6) is 0 Å². The highest BCUT2D eigenvalue weighted by Crippen LogP contribution is 2.23. The van der Waals surface area contributed by atoms with Gasteiger partial charge in [-0.25, -0.2) is 9.97 Å². The lowest BCUT2D eigenvalue weighted by Gasteiger charge is -2.10. The molecule has 136 valence electrons. The highest BCUT2D eigenvalue weighted by Gasteiger charge is 2.12. The molecular formula is C20H17ClN4O2. The molecule has 0 spiro atoms. The maximum Gasteiger partial charge on any atom is 0.274 e. The smallest absolute Gasteiger partial charge is 0.274 e. The van der Waals surface area contributed by atoms with Gasteiger partial charge in [-0.15, -0.1) is 0 Å². The molecule has 2 N–H and O–H groups in total. The Morgan fingerprint density at radius 2 is 1.78 bits per heavy atom. The Bertz CT molecular complexity index is 1000. The lowest BCUT2D eigenvalue weighted by Crippen LogP contribution is -2.15. The van der Waals surface area contributed by atoms with E-state index in [4.69, 9.17) is 11.6 Å². The number of benzene rings is 2. The van der Waals surface area contributed by atoms with Crippen molar-refractivity contribution in [2.75, 3.05) is 10.6 Å². The van der Waals surface area contributed by atoms with Gasteiger partial charge in [-0.3, -0.25) is 9.59 Å². The third-order valence-corrected chi connectivity index (χ3v) is 4.39. The Balaban J connectivity index is 1.75. The van der Waals surface area contributed by atoms with Crippen LogP contribution in [0.4, 0.5) is 17.2 Å². The van der Waals surface area contributed by atoms with Crippen molar-refractivity contribution in [2.24, 2.45) is 0 Å². The molecule has 0 fully saturated rings. The van der Waals surface area contributed by atoms with Crippen molar-refractivity contribution in [2.45, 2.75) is 13.8 Å². The topological polar surface area (TPSA) is 84.0 Å². The highest BCUT2D eigenvalue weighted by atomic mass is 35.5. The number of nitrogens with one attached hydrogen (secondary N) is 2. The Labute approximate surface area is 161 Å². The predicted molar refractivity (Wildman–Crippen MR) is 106 cm³/mol. The predicted octanol–water partition coefficient (Wildman–Crippen LogP) is 4.64. The van der Waals surface area contributed by atoms with E-state index in [1.807, 2.05) is 6.92 Å². The number of carbonyl (C=O) groups excluding carboxylic acids is 2. The number of hydrogen-bond acceptors (Lipinski definition) is 5. The van der Waals surface area contributed by atoms with Gasteiger partial charge in [0.1, 0.15) is 17.8 Å². The van der Waals surface area contributed by atoms with E-state index in [1.165, 1.54) is 13.3 Å². The monoisotopic (exact) mass is 380 g/mol. The van der Waals surface area contributed by atoms with Crippen molar-refractivity contribution in [3.05, 3.63) is 76.7 Å². The molecule has 3 aromatic rings. The lowest BCUT2D eigenvalue weighted by molar-refractivity contribution is 0.101. The number of carbonyl (C=O) groups is 2. The van der Waals surface area contributed by atoms with Crippen molar-refractivity contribution in [1.82, 2.24) is 9.97 Å². The normalized spacial score (nSPS) is 10.3. The number of ketones is 1. The molecule has 0 bridgehead atoms. The average molecular weight is 381 g/mol. The molecule has 1 heterocycles. The molecule has 0 saturated heterocycles. The summed E-state index contributed by atoms with van der Waals surface area (Å²) in [7, 11) is 0. The summed E-state index contributed by atoms with van der Waals surface area (Å²) in [5.74, 6) is 0.102. The first-order valence-electron chi connectivity index (χ1n) is 8.20. The Morgan fingerprint density at radius 1 is 1.04 bits per heavy atom. The van der Waals surface area contributed by atoms with E-state index in [9.17, 15) is 9.59 Å². The SMILES string of the molecule is CC(=O)c1ccc(Nc2cc(C(=O)Nc3cccc(Cl)c3C)ncn2)cc1. The largest absolute Gasteiger partial charge is 0.340 e. The zero-order valence-corrected chi connectivity index (χ0v) is 15.5. The van der Waals surface area contributed by atoms with Gasteiger partial charge in [0.25, 0.3) is 5.91 Å². The number of rotatable bonds is 5. The number of amides is 1. The number of anilines is 3. The lowest BCUT2D eigenvalue weighted by atomic mass is 10.1. The molecule has 7 heteroatoms. The summed E-state index contributed by atoms with van der Waals surface area (Å²) in [5.41, 5.74) is 2.99. The summed E-state index contributed by atoms with van der Waals surface area (Å²) in [4.78, 5) is 32.0. The number of nitrogens with zero attached hydrogens (tertiary/aromatic N) is 2. The van der Waals surface area contributed by atoms with Gasteiger partial charge < -0.3 is 10.6 Å². The minimum absolute atomic E-state index is 0.00106. The van der Waals surface area contributed by atoms with Gasteiger partial charge in [-0.05, 0) is 55.8 Å². The third kappa shape index (κ3) is 4.48. The van der Waals surface area contributed by atoms with Gasteiger partial charge in [-0.2, -0.15) is 0 Å². The summed E-state index contributed by atoms with van der Waals surface area (Å²) in [6.45, 7) is 3.34. The maximum atomic E-state index is 12.5. The standard InChI is InChI=1S/C20H17ClN4O2/c1-12-16(21)4-3-5-17(12)25-20(27)18-10-19(23-11-22-18)24-15-8-6-14(7-9-15)13(2)26/h3-11H,1-2H3,(H,25,27)(H,22,23,24). The first-order valence-corrected chi connectivity index (χ1v) is 8.58. The molecule has 3 rings (SSSR count). The summed E-state index contributed by atoms with van der Waals surface area (Å²) in [6, 6.07) is 13.8. The van der Waals surface area contributed by atoms with Gasteiger partial charge in [0.15, 0.2) is 5.78 Å². The van der Waals surface area contributed by atoms with E-state index in [1.54, 1.807) is 48.5 Å². The molecule has 1 amide bonds. The van der Waals surface area contributed by atoms with Crippen LogP contribution in [0.15, 0.2) is 54.9 Å². The van der Waals surface area contributed by atoms with Gasteiger partial charge in [0, 0.05) is 28.0 Å². The summed E-state index contributed by atoms with van der Waals surface area (Å²) < 4.78 is 0. The molecule has 2 aromatic carbocycles. The average Bonchev–Trinajstić information content (AvgIpc) is 2.66. The molecule has 0 aliphatic heterocycles. The van der Waals surface area contributed by atoms with Crippen LogP contribution in [-0.4, -0.2) is 21.7 Å². The fourth-order valence-electron chi connectivity index (χ4n) is 2.42. The Morgan fingerprint density at radius 3 is 2.48 bits per heavy atom. The van der Waals surface area contributed by atoms with E-state index in [-0.39, 0.29) is 17.4 Å². The second-order valence-electron chi connectivity index (χ2n) is 5.91. The summed E-state index contributed by atoms with van der Waals surface area (Å²) >= 11 is 6.08. The van der Waals surface area contributed by atoms with Crippen LogP contribution < -0.4 is 10.6 Å². The van der Waals surface area contributed by atoms with Crippen molar-refractivity contribution in [3.8, 4) is 0 Å². The van der Waals surface area contributed by atoms with Crippen molar-refractivity contribution in [3.63, 3.8) is 0 Å². The molecule has 6 nitrogen and oxygen atoms in total. The Kier molecular flexibility index (Phi) is 5.47. The summed E-state index contributed by atoms with van der Waals surface area (Å²) in [6.07, 6.45) is 1.31. The van der Waals surface area contributed by atoms with Crippen LogP contribution in [0.3, 0.4) is 0 Å². The molecule has 0 radical (unpaired) electrons. The van der Waals surface area contributed by atoms with Gasteiger partial charge >= 0.3 is 0 Å². The molecule has 27 heavy (non-hydrogen) atoms. The van der Waals surface area contributed by atoms with Crippen molar-refractivity contribution in [1.29, 1.82) is 0 Å². The van der Waals surface area contributed by atoms with E-state index in [2.05, 4.69) is 20.6 Å². The van der Waals surface area contributed by atoms with Gasteiger partial charge in [-0.1, -0.05) is 17.7 Å². The van der Waals surface area contributed by atoms with Crippen LogP contribution in [-0.2, 0) is 0 Å². The van der Waals surface area contributed by atoms with Crippen molar-refractivity contribution < 1.29 is 9.59 Å². The van der Waals surface area contributed by atoms with E-state index in [0.29, 0.717) is 22.1 Å². The van der Waals surface area contributed by atoms with Crippen LogP contribution in [0.1, 0.15) is 33.3 Å². The molecule has 0 saturated carbocycles.